The first-order chi connectivity index (χ1) is 9.15. The summed E-state index contributed by atoms with van der Waals surface area (Å²) in [6.45, 7) is 6.84. The molecule has 104 valence electrons. The summed E-state index contributed by atoms with van der Waals surface area (Å²) in [5.41, 5.74) is 8.47. The van der Waals surface area contributed by atoms with E-state index in [0.717, 1.165) is 17.1 Å². The van der Waals surface area contributed by atoms with Gasteiger partial charge < -0.3 is 10.6 Å². The Balaban J connectivity index is 1.77. The standard InChI is InChI=1S/C15H22BrN3/c1-11(17)14-5-4-12(9-15(14)16)19-8-7-18-6-2-3-13(18)10-19/h4-5,9,11,13H,2-3,6-8,10,17H2,1H3/t11-,13?/m0/s1. The fourth-order valence-corrected chi connectivity index (χ4v) is 4.04. The highest BCUT2D eigenvalue weighted by Crippen LogP contribution is 2.30. The summed E-state index contributed by atoms with van der Waals surface area (Å²) in [7, 11) is 0. The first kappa shape index (κ1) is 13.4. The van der Waals surface area contributed by atoms with Crippen LogP contribution in [0.25, 0.3) is 0 Å². The van der Waals surface area contributed by atoms with Crippen molar-refractivity contribution in [1.29, 1.82) is 0 Å². The Morgan fingerprint density at radius 1 is 1.32 bits per heavy atom. The molecule has 2 fully saturated rings. The molecule has 3 rings (SSSR count). The molecule has 0 aromatic heterocycles. The first-order valence-corrected chi connectivity index (χ1v) is 7.98. The second-order valence-corrected chi connectivity index (χ2v) is 6.63. The number of hydrogen-bond donors (Lipinski definition) is 1. The SMILES string of the molecule is C[C@H](N)c1ccc(N2CCN3CCCC3C2)cc1Br. The van der Waals surface area contributed by atoms with Crippen molar-refractivity contribution in [2.75, 3.05) is 31.1 Å². The number of nitrogens with zero attached hydrogens (tertiary/aromatic N) is 2. The number of anilines is 1. The lowest BCUT2D eigenvalue weighted by Crippen LogP contribution is -2.50. The molecule has 0 bridgehead atoms. The van der Waals surface area contributed by atoms with Gasteiger partial charge in [0.25, 0.3) is 0 Å². The smallest absolute Gasteiger partial charge is 0.0378 e. The molecule has 1 aromatic carbocycles. The van der Waals surface area contributed by atoms with E-state index in [1.165, 1.54) is 43.7 Å². The Labute approximate surface area is 123 Å². The minimum Gasteiger partial charge on any atom is -0.369 e. The molecule has 2 aliphatic rings. The third-order valence-corrected chi connectivity index (χ3v) is 5.11. The highest BCUT2D eigenvalue weighted by Gasteiger charge is 2.30. The average molecular weight is 324 g/mol. The Morgan fingerprint density at radius 3 is 2.89 bits per heavy atom. The molecule has 2 atom stereocenters. The van der Waals surface area contributed by atoms with Crippen molar-refractivity contribution in [3.63, 3.8) is 0 Å². The van der Waals surface area contributed by atoms with Gasteiger partial charge >= 0.3 is 0 Å². The predicted molar refractivity (Wildman–Crippen MR) is 83.6 cm³/mol. The molecule has 1 aromatic rings. The van der Waals surface area contributed by atoms with E-state index in [0.29, 0.717) is 0 Å². The maximum Gasteiger partial charge on any atom is 0.0378 e. The lowest BCUT2D eigenvalue weighted by molar-refractivity contribution is 0.231. The van der Waals surface area contributed by atoms with Gasteiger partial charge in [-0.2, -0.15) is 0 Å². The molecule has 2 aliphatic heterocycles. The average Bonchev–Trinajstić information content (AvgIpc) is 2.85. The molecule has 4 heteroatoms. The Morgan fingerprint density at radius 2 is 2.16 bits per heavy atom. The van der Waals surface area contributed by atoms with E-state index in [1.807, 2.05) is 6.92 Å². The fraction of sp³-hybridized carbons (Fsp3) is 0.600. The first-order valence-electron chi connectivity index (χ1n) is 7.19. The zero-order valence-corrected chi connectivity index (χ0v) is 13.1. The van der Waals surface area contributed by atoms with E-state index in [1.54, 1.807) is 0 Å². The molecule has 2 N–H and O–H groups in total. The number of fused-ring (bicyclic) bond motifs is 1. The Kier molecular flexibility index (Phi) is 3.83. The highest BCUT2D eigenvalue weighted by atomic mass is 79.9. The van der Waals surface area contributed by atoms with Crippen LogP contribution in [0.2, 0.25) is 0 Å². The molecule has 0 amide bonds. The van der Waals surface area contributed by atoms with E-state index < -0.39 is 0 Å². The Hall–Kier alpha value is -0.580. The van der Waals surface area contributed by atoms with Crippen molar-refractivity contribution in [2.24, 2.45) is 5.73 Å². The van der Waals surface area contributed by atoms with Gasteiger partial charge in [-0.15, -0.1) is 0 Å². The van der Waals surface area contributed by atoms with Crippen molar-refractivity contribution >= 4 is 21.6 Å². The normalized spacial score (nSPS) is 25.4. The lowest BCUT2D eigenvalue weighted by atomic mass is 10.1. The third-order valence-electron chi connectivity index (χ3n) is 4.43. The Bertz CT molecular complexity index is 461. The fourth-order valence-electron chi connectivity index (χ4n) is 3.31. The molecule has 0 saturated carbocycles. The molecule has 2 heterocycles. The van der Waals surface area contributed by atoms with Crippen LogP contribution in [-0.4, -0.2) is 37.1 Å². The largest absolute Gasteiger partial charge is 0.369 e. The number of hydrogen-bond acceptors (Lipinski definition) is 3. The van der Waals surface area contributed by atoms with Crippen LogP contribution < -0.4 is 10.6 Å². The minimum atomic E-state index is 0.0788. The predicted octanol–water partition coefficient (Wildman–Crippen LogP) is 2.75. The topological polar surface area (TPSA) is 32.5 Å². The van der Waals surface area contributed by atoms with Crippen LogP contribution in [0.5, 0.6) is 0 Å². The van der Waals surface area contributed by atoms with E-state index in [9.17, 15) is 0 Å². The molecular weight excluding hydrogens is 302 g/mol. The number of rotatable bonds is 2. The van der Waals surface area contributed by atoms with E-state index >= 15 is 0 Å². The van der Waals surface area contributed by atoms with Gasteiger partial charge in [-0.3, -0.25) is 4.90 Å². The molecule has 0 radical (unpaired) electrons. The summed E-state index contributed by atoms with van der Waals surface area (Å²) in [4.78, 5) is 5.16. The van der Waals surface area contributed by atoms with Crippen LogP contribution in [0, 0.1) is 0 Å². The van der Waals surface area contributed by atoms with Gasteiger partial charge in [0.2, 0.25) is 0 Å². The van der Waals surface area contributed by atoms with E-state index in [2.05, 4.69) is 43.9 Å². The van der Waals surface area contributed by atoms with Crippen LogP contribution in [0.4, 0.5) is 5.69 Å². The monoisotopic (exact) mass is 323 g/mol. The van der Waals surface area contributed by atoms with E-state index in [4.69, 9.17) is 5.73 Å². The van der Waals surface area contributed by atoms with Crippen molar-refractivity contribution in [3.05, 3.63) is 28.2 Å². The summed E-state index contributed by atoms with van der Waals surface area (Å²) in [5, 5.41) is 0. The van der Waals surface area contributed by atoms with E-state index in [-0.39, 0.29) is 6.04 Å². The van der Waals surface area contributed by atoms with Gasteiger partial charge in [-0.1, -0.05) is 22.0 Å². The molecule has 1 unspecified atom stereocenters. The summed E-state index contributed by atoms with van der Waals surface area (Å²) >= 11 is 3.65. The number of halogens is 1. The van der Waals surface area contributed by atoms with Gasteiger partial charge in [0, 0.05) is 41.9 Å². The maximum absolute atomic E-state index is 5.96. The minimum absolute atomic E-state index is 0.0788. The van der Waals surface area contributed by atoms with Crippen LogP contribution in [0.1, 0.15) is 31.4 Å². The molecule has 0 aliphatic carbocycles. The zero-order chi connectivity index (χ0) is 13.4. The van der Waals surface area contributed by atoms with Crippen molar-refractivity contribution in [2.45, 2.75) is 31.8 Å². The van der Waals surface area contributed by atoms with Gasteiger partial charge in [0.15, 0.2) is 0 Å². The van der Waals surface area contributed by atoms with Crippen molar-refractivity contribution < 1.29 is 0 Å². The summed E-state index contributed by atoms with van der Waals surface area (Å²) in [6, 6.07) is 7.44. The van der Waals surface area contributed by atoms with Crippen LogP contribution in [-0.2, 0) is 0 Å². The second kappa shape index (κ2) is 5.43. The van der Waals surface area contributed by atoms with Crippen LogP contribution >= 0.6 is 15.9 Å². The number of piperazine rings is 1. The van der Waals surface area contributed by atoms with Gasteiger partial charge in [-0.05, 0) is 44.0 Å². The van der Waals surface area contributed by atoms with Crippen molar-refractivity contribution in [3.8, 4) is 0 Å². The highest BCUT2D eigenvalue weighted by molar-refractivity contribution is 9.10. The van der Waals surface area contributed by atoms with Crippen LogP contribution in [0.3, 0.4) is 0 Å². The maximum atomic E-state index is 5.96. The molecule has 19 heavy (non-hydrogen) atoms. The number of nitrogens with two attached hydrogens (primary N) is 1. The molecule has 0 spiro atoms. The van der Waals surface area contributed by atoms with Crippen molar-refractivity contribution in [1.82, 2.24) is 4.90 Å². The van der Waals surface area contributed by atoms with Gasteiger partial charge in [0.05, 0.1) is 0 Å². The van der Waals surface area contributed by atoms with Crippen LogP contribution in [0.15, 0.2) is 22.7 Å². The number of benzene rings is 1. The lowest BCUT2D eigenvalue weighted by Gasteiger charge is -2.39. The molecule has 2 saturated heterocycles. The molecular formula is C15H22BrN3. The second-order valence-electron chi connectivity index (χ2n) is 5.77. The summed E-state index contributed by atoms with van der Waals surface area (Å²) < 4.78 is 1.13. The summed E-state index contributed by atoms with van der Waals surface area (Å²) in [6.07, 6.45) is 2.72. The quantitative estimate of drug-likeness (QED) is 0.908. The zero-order valence-electron chi connectivity index (χ0n) is 11.5. The third kappa shape index (κ3) is 2.67. The van der Waals surface area contributed by atoms with Gasteiger partial charge in [0.1, 0.15) is 0 Å². The van der Waals surface area contributed by atoms with Gasteiger partial charge in [-0.25, -0.2) is 0 Å². The molecule has 3 nitrogen and oxygen atoms in total. The summed E-state index contributed by atoms with van der Waals surface area (Å²) in [5.74, 6) is 0.